The topological polar surface area (TPSA) is 66.8 Å². The van der Waals surface area contributed by atoms with Crippen LogP contribution in [0.5, 0.6) is 0 Å². The molecule has 0 heterocycles. The summed E-state index contributed by atoms with van der Waals surface area (Å²) in [4.78, 5) is 10.4. The van der Waals surface area contributed by atoms with Crippen molar-refractivity contribution in [2.45, 2.75) is 18.9 Å². The van der Waals surface area contributed by atoms with Gasteiger partial charge >= 0.3 is 5.97 Å². The van der Waals surface area contributed by atoms with Crippen LogP contribution in [0.25, 0.3) is 0 Å². The van der Waals surface area contributed by atoms with Crippen molar-refractivity contribution in [3.05, 3.63) is 0 Å². The molecule has 0 amide bonds. The molecule has 0 aliphatic carbocycles. The molecule has 0 aromatic heterocycles. The van der Waals surface area contributed by atoms with Gasteiger partial charge in [0.15, 0.2) is 0 Å². The Kier molecular flexibility index (Phi) is 4.88. The van der Waals surface area contributed by atoms with Gasteiger partial charge in [0.25, 0.3) is 0 Å². The average molecular weight is 148 g/mol. The van der Waals surface area contributed by atoms with Crippen molar-refractivity contribution in [2.24, 2.45) is 0 Å². The summed E-state index contributed by atoms with van der Waals surface area (Å²) in [5, 5.41) is 17.1. The van der Waals surface area contributed by atoms with Crippen molar-refractivity contribution in [3.8, 4) is 0 Å². The lowest BCUT2D eigenvalue weighted by Crippen LogP contribution is -2.14. The molecule has 2 N–H and O–H groups in total. The number of aliphatic hydroxyl groups excluding tert-OH is 2. The van der Waals surface area contributed by atoms with Gasteiger partial charge in [0.2, 0.25) is 0 Å². The predicted molar refractivity (Wildman–Crippen MR) is 34.3 cm³/mol. The maximum atomic E-state index is 10.4. The Morgan fingerprint density at radius 2 is 2.30 bits per heavy atom. The highest BCUT2D eigenvalue weighted by Gasteiger charge is 2.05. The van der Waals surface area contributed by atoms with E-state index in [1.165, 1.54) is 7.11 Å². The number of hydrogen-bond donors (Lipinski definition) is 2. The molecule has 0 spiro atoms. The highest BCUT2D eigenvalue weighted by atomic mass is 16.5. The highest BCUT2D eigenvalue weighted by molar-refractivity contribution is 5.69. The Balaban J connectivity index is 3.26. The zero-order valence-electron chi connectivity index (χ0n) is 5.91. The van der Waals surface area contributed by atoms with Gasteiger partial charge in [-0.2, -0.15) is 0 Å². The van der Waals surface area contributed by atoms with Crippen molar-refractivity contribution >= 4 is 5.97 Å². The van der Waals surface area contributed by atoms with Gasteiger partial charge in [0.05, 0.1) is 19.8 Å². The van der Waals surface area contributed by atoms with Gasteiger partial charge in [-0.05, 0) is 6.42 Å². The summed E-state index contributed by atoms with van der Waals surface area (Å²) in [6, 6.07) is 0. The smallest absolute Gasteiger partial charge is 0.305 e. The quantitative estimate of drug-likeness (QED) is 0.517. The van der Waals surface area contributed by atoms with Crippen molar-refractivity contribution in [3.63, 3.8) is 0 Å². The van der Waals surface area contributed by atoms with Crippen LogP contribution in [-0.4, -0.2) is 36.0 Å². The van der Waals surface area contributed by atoms with Gasteiger partial charge < -0.3 is 14.9 Å². The first-order valence-electron chi connectivity index (χ1n) is 3.06. The second kappa shape index (κ2) is 5.20. The molecule has 0 aliphatic rings. The molecule has 60 valence electrons. The van der Waals surface area contributed by atoms with Crippen LogP contribution in [-0.2, 0) is 9.53 Å². The first kappa shape index (κ1) is 9.39. The van der Waals surface area contributed by atoms with Crippen molar-refractivity contribution in [1.29, 1.82) is 0 Å². The van der Waals surface area contributed by atoms with E-state index in [4.69, 9.17) is 10.2 Å². The summed E-state index contributed by atoms with van der Waals surface area (Å²) in [6.45, 7) is -0.309. The Labute approximate surface area is 59.4 Å². The summed E-state index contributed by atoms with van der Waals surface area (Å²) < 4.78 is 4.31. The Hall–Kier alpha value is -0.610. The first-order chi connectivity index (χ1) is 4.70. The molecular weight excluding hydrogens is 136 g/mol. The summed E-state index contributed by atoms with van der Waals surface area (Å²) >= 11 is 0. The van der Waals surface area contributed by atoms with Crippen LogP contribution in [0.2, 0.25) is 0 Å². The van der Waals surface area contributed by atoms with Crippen molar-refractivity contribution in [2.75, 3.05) is 13.7 Å². The summed E-state index contributed by atoms with van der Waals surface area (Å²) in [7, 11) is 1.29. The molecule has 0 saturated heterocycles. The SMILES string of the molecule is COC(=O)CCC(O)CO. The molecule has 1 atom stereocenters. The molecule has 10 heavy (non-hydrogen) atoms. The van der Waals surface area contributed by atoms with Crippen LogP contribution in [0.4, 0.5) is 0 Å². The fourth-order valence-corrected chi connectivity index (χ4v) is 0.478. The number of carbonyl (C=O) groups is 1. The van der Waals surface area contributed by atoms with Crippen LogP contribution in [0.3, 0.4) is 0 Å². The molecule has 0 bridgehead atoms. The Morgan fingerprint density at radius 3 is 2.70 bits per heavy atom. The third kappa shape index (κ3) is 4.29. The average Bonchev–Trinajstić information content (AvgIpc) is 1.99. The van der Waals surface area contributed by atoms with Gasteiger partial charge in [-0.1, -0.05) is 0 Å². The Bertz CT molecular complexity index is 102. The van der Waals surface area contributed by atoms with E-state index in [2.05, 4.69) is 4.74 Å². The largest absolute Gasteiger partial charge is 0.469 e. The maximum absolute atomic E-state index is 10.4. The molecule has 0 fully saturated rings. The molecule has 4 heteroatoms. The maximum Gasteiger partial charge on any atom is 0.305 e. The lowest BCUT2D eigenvalue weighted by atomic mass is 10.2. The molecule has 1 unspecified atom stereocenters. The number of methoxy groups -OCH3 is 1. The fourth-order valence-electron chi connectivity index (χ4n) is 0.478. The third-order valence-corrected chi connectivity index (χ3v) is 1.12. The zero-order valence-corrected chi connectivity index (χ0v) is 5.91. The van der Waals surface area contributed by atoms with Gasteiger partial charge in [-0.3, -0.25) is 4.79 Å². The van der Waals surface area contributed by atoms with E-state index >= 15 is 0 Å². The molecule has 0 radical (unpaired) electrons. The van der Waals surface area contributed by atoms with Gasteiger partial charge in [0, 0.05) is 6.42 Å². The van der Waals surface area contributed by atoms with E-state index in [9.17, 15) is 4.79 Å². The van der Waals surface area contributed by atoms with Crippen LogP contribution in [0.1, 0.15) is 12.8 Å². The van der Waals surface area contributed by atoms with E-state index < -0.39 is 6.10 Å². The van der Waals surface area contributed by atoms with Crippen LogP contribution in [0.15, 0.2) is 0 Å². The van der Waals surface area contributed by atoms with E-state index in [1.807, 2.05) is 0 Å². The molecular formula is C6H12O4. The summed E-state index contributed by atoms with van der Waals surface area (Å²) in [5.74, 6) is -0.368. The van der Waals surface area contributed by atoms with Crippen LogP contribution in [0, 0.1) is 0 Å². The number of esters is 1. The monoisotopic (exact) mass is 148 g/mol. The van der Waals surface area contributed by atoms with E-state index in [0.717, 1.165) is 0 Å². The van der Waals surface area contributed by atoms with Crippen LogP contribution >= 0.6 is 0 Å². The lowest BCUT2D eigenvalue weighted by Gasteiger charge is -2.03. The molecule has 4 nitrogen and oxygen atoms in total. The normalized spacial score (nSPS) is 12.7. The van der Waals surface area contributed by atoms with E-state index in [-0.39, 0.29) is 25.4 Å². The summed E-state index contributed by atoms with van der Waals surface area (Å²) in [6.07, 6.45) is -0.402. The Morgan fingerprint density at radius 1 is 1.70 bits per heavy atom. The third-order valence-electron chi connectivity index (χ3n) is 1.12. The first-order valence-corrected chi connectivity index (χ1v) is 3.06. The minimum atomic E-state index is -0.806. The number of carbonyl (C=O) groups excluding carboxylic acids is 1. The number of ether oxygens (including phenoxy) is 1. The number of rotatable bonds is 4. The van der Waals surface area contributed by atoms with Gasteiger partial charge in [-0.25, -0.2) is 0 Å². The number of aliphatic hydroxyl groups is 2. The van der Waals surface area contributed by atoms with Crippen molar-refractivity contribution < 1.29 is 19.7 Å². The van der Waals surface area contributed by atoms with Gasteiger partial charge in [-0.15, -0.1) is 0 Å². The van der Waals surface area contributed by atoms with E-state index in [1.54, 1.807) is 0 Å². The summed E-state index contributed by atoms with van der Waals surface area (Å²) in [5.41, 5.74) is 0. The highest BCUT2D eigenvalue weighted by Crippen LogP contribution is 1.96. The zero-order chi connectivity index (χ0) is 7.98. The fraction of sp³-hybridized carbons (Fsp3) is 0.833. The second-order valence-corrected chi connectivity index (χ2v) is 1.95. The lowest BCUT2D eigenvalue weighted by molar-refractivity contribution is -0.141. The molecule has 0 aliphatic heterocycles. The standard InChI is InChI=1S/C6H12O4/c1-10-6(9)3-2-5(8)4-7/h5,7-8H,2-4H2,1H3. The minimum absolute atomic E-state index is 0.151. The molecule has 0 saturated carbocycles. The molecule has 0 aromatic rings. The van der Waals surface area contributed by atoms with Crippen molar-refractivity contribution in [1.82, 2.24) is 0 Å². The molecule has 0 rings (SSSR count). The van der Waals surface area contributed by atoms with Crippen LogP contribution < -0.4 is 0 Å². The number of hydrogen-bond acceptors (Lipinski definition) is 4. The predicted octanol–water partition coefficient (Wildman–Crippen LogP) is -0.707. The molecule has 0 aromatic carbocycles. The van der Waals surface area contributed by atoms with Gasteiger partial charge in [0.1, 0.15) is 0 Å². The second-order valence-electron chi connectivity index (χ2n) is 1.95. The minimum Gasteiger partial charge on any atom is -0.469 e. The van der Waals surface area contributed by atoms with E-state index in [0.29, 0.717) is 0 Å².